The number of ether oxygens (including phenoxy) is 3. The van der Waals surface area contributed by atoms with Crippen LogP contribution in [0.25, 0.3) is 11.5 Å². The summed E-state index contributed by atoms with van der Waals surface area (Å²) < 4.78 is 22.0. The minimum Gasteiger partial charge on any atom is -0.454 e. The lowest BCUT2D eigenvalue weighted by molar-refractivity contribution is -0.132. The summed E-state index contributed by atoms with van der Waals surface area (Å²) in [5.74, 6) is 2.26. The highest BCUT2D eigenvalue weighted by Crippen LogP contribution is 2.35. The maximum atomic E-state index is 12.3. The zero-order valence-corrected chi connectivity index (χ0v) is 15.3. The first kappa shape index (κ1) is 17.8. The molecule has 1 aromatic heterocycles. The van der Waals surface area contributed by atoms with E-state index in [0.717, 1.165) is 31.4 Å². The maximum absolute atomic E-state index is 12.3. The third kappa shape index (κ3) is 4.21. The van der Waals surface area contributed by atoms with E-state index in [0.29, 0.717) is 42.7 Å². The molecular formula is C19H23N3O5. The first-order chi connectivity index (χ1) is 13.2. The number of hydrogen-bond acceptors (Lipinski definition) is 7. The van der Waals surface area contributed by atoms with Gasteiger partial charge in [0, 0.05) is 38.6 Å². The van der Waals surface area contributed by atoms with E-state index in [1.807, 2.05) is 25.2 Å². The smallest absolute Gasteiger partial charge is 0.247 e. The molecular weight excluding hydrogens is 350 g/mol. The van der Waals surface area contributed by atoms with Gasteiger partial charge in [-0.05, 0) is 37.5 Å². The molecule has 1 unspecified atom stereocenters. The number of benzene rings is 1. The molecule has 0 N–H and O–H groups in total. The molecule has 8 heteroatoms. The van der Waals surface area contributed by atoms with Crippen molar-refractivity contribution in [2.24, 2.45) is 0 Å². The second-order valence-electron chi connectivity index (χ2n) is 6.83. The fourth-order valence-corrected chi connectivity index (χ4v) is 3.26. The number of aryl methyl sites for hydroxylation is 1. The largest absolute Gasteiger partial charge is 0.454 e. The van der Waals surface area contributed by atoms with Crippen LogP contribution in [-0.2, 0) is 16.0 Å². The zero-order valence-electron chi connectivity index (χ0n) is 15.3. The highest BCUT2D eigenvalue weighted by molar-refractivity contribution is 5.76. The van der Waals surface area contributed by atoms with E-state index in [-0.39, 0.29) is 18.8 Å². The first-order valence-corrected chi connectivity index (χ1v) is 9.27. The summed E-state index contributed by atoms with van der Waals surface area (Å²) in [4.78, 5) is 14.1. The molecule has 2 aliphatic heterocycles. The standard InChI is InChI=1S/C19H23N3O5/c1-22(11-14-4-2-3-9-24-14)18(23)8-7-17-20-21-19(27-17)13-5-6-15-16(10-13)26-12-25-15/h5-6,10,14H,2-4,7-9,11-12H2,1H3. The Morgan fingerprint density at radius 1 is 1.22 bits per heavy atom. The van der Waals surface area contributed by atoms with Crippen molar-refractivity contribution in [1.29, 1.82) is 0 Å². The van der Waals surface area contributed by atoms with Crippen LogP contribution in [0.2, 0.25) is 0 Å². The molecule has 1 atom stereocenters. The van der Waals surface area contributed by atoms with Crippen LogP contribution in [-0.4, -0.2) is 54.1 Å². The average molecular weight is 373 g/mol. The maximum Gasteiger partial charge on any atom is 0.247 e. The minimum atomic E-state index is 0.0482. The van der Waals surface area contributed by atoms with Gasteiger partial charge in [-0.1, -0.05) is 0 Å². The van der Waals surface area contributed by atoms with Crippen LogP contribution in [0.4, 0.5) is 0 Å². The Bertz CT molecular complexity index is 800. The molecule has 0 spiro atoms. The van der Waals surface area contributed by atoms with Crippen LogP contribution in [0, 0.1) is 0 Å². The summed E-state index contributed by atoms with van der Waals surface area (Å²) in [5.41, 5.74) is 0.760. The molecule has 0 bridgehead atoms. The second kappa shape index (κ2) is 7.96. The van der Waals surface area contributed by atoms with Crippen molar-refractivity contribution in [2.45, 2.75) is 38.2 Å². The van der Waals surface area contributed by atoms with Crippen LogP contribution in [0.5, 0.6) is 11.5 Å². The van der Waals surface area contributed by atoms with Gasteiger partial charge in [0.2, 0.25) is 24.5 Å². The quantitative estimate of drug-likeness (QED) is 0.768. The number of amides is 1. The predicted molar refractivity (Wildman–Crippen MR) is 95.4 cm³/mol. The molecule has 1 amide bonds. The van der Waals surface area contributed by atoms with Gasteiger partial charge in [-0.25, -0.2) is 0 Å². The van der Waals surface area contributed by atoms with Gasteiger partial charge in [-0.15, -0.1) is 10.2 Å². The van der Waals surface area contributed by atoms with E-state index < -0.39 is 0 Å². The lowest BCUT2D eigenvalue weighted by Crippen LogP contribution is -2.37. The van der Waals surface area contributed by atoms with Gasteiger partial charge in [0.25, 0.3) is 0 Å². The molecule has 2 aromatic rings. The van der Waals surface area contributed by atoms with Gasteiger partial charge >= 0.3 is 0 Å². The molecule has 0 radical (unpaired) electrons. The molecule has 0 aliphatic carbocycles. The van der Waals surface area contributed by atoms with Crippen molar-refractivity contribution in [3.8, 4) is 23.0 Å². The normalized spacial score (nSPS) is 18.5. The lowest BCUT2D eigenvalue weighted by atomic mass is 10.1. The Labute approximate surface area is 157 Å². The number of rotatable bonds is 6. The SMILES string of the molecule is CN(CC1CCCCO1)C(=O)CCc1nnc(-c2ccc3c(c2)OCO3)o1. The number of carbonyl (C=O) groups excluding carboxylic acids is 1. The molecule has 27 heavy (non-hydrogen) atoms. The summed E-state index contributed by atoms with van der Waals surface area (Å²) in [7, 11) is 1.81. The Hall–Kier alpha value is -2.61. The van der Waals surface area contributed by atoms with Crippen LogP contribution in [0.1, 0.15) is 31.6 Å². The Balaban J connectivity index is 1.30. The molecule has 2 aliphatic rings. The topological polar surface area (TPSA) is 86.9 Å². The average Bonchev–Trinajstić information content (AvgIpc) is 3.35. The third-order valence-electron chi connectivity index (χ3n) is 4.82. The highest BCUT2D eigenvalue weighted by atomic mass is 16.7. The van der Waals surface area contributed by atoms with Gasteiger partial charge in [0.15, 0.2) is 11.5 Å². The summed E-state index contributed by atoms with van der Waals surface area (Å²) >= 11 is 0. The minimum absolute atomic E-state index is 0.0482. The summed E-state index contributed by atoms with van der Waals surface area (Å²) in [6.45, 7) is 1.64. The van der Waals surface area contributed by atoms with Crippen LogP contribution in [0.3, 0.4) is 0 Å². The van der Waals surface area contributed by atoms with Crippen molar-refractivity contribution in [1.82, 2.24) is 15.1 Å². The van der Waals surface area contributed by atoms with E-state index in [4.69, 9.17) is 18.6 Å². The zero-order chi connectivity index (χ0) is 18.6. The molecule has 1 aromatic carbocycles. The number of hydrogen-bond donors (Lipinski definition) is 0. The Morgan fingerprint density at radius 3 is 2.96 bits per heavy atom. The Morgan fingerprint density at radius 2 is 2.11 bits per heavy atom. The lowest BCUT2D eigenvalue weighted by Gasteiger charge is -2.27. The van der Waals surface area contributed by atoms with Crippen molar-refractivity contribution < 1.29 is 23.4 Å². The molecule has 4 rings (SSSR count). The van der Waals surface area contributed by atoms with Crippen molar-refractivity contribution in [2.75, 3.05) is 27.0 Å². The predicted octanol–water partition coefficient (Wildman–Crippen LogP) is 2.43. The third-order valence-corrected chi connectivity index (χ3v) is 4.82. The number of carbonyl (C=O) groups is 1. The summed E-state index contributed by atoms with van der Waals surface area (Å²) in [6, 6.07) is 5.46. The van der Waals surface area contributed by atoms with Gasteiger partial charge in [-0.3, -0.25) is 4.79 Å². The number of nitrogens with zero attached hydrogens (tertiary/aromatic N) is 3. The van der Waals surface area contributed by atoms with Crippen LogP contribution < -0.4 is 9.47 Å². The summed E-state index contributed by atoms with van der Waals surface area (Å²) in [6.07, 6.45) is 4.17. The molecule has 1 fully saturated rings. The molecule has 3 heterocycles. The number of aromatic nitrogens is 2. The summed E-state index contributed by atoms with van der Waals surface area (Å²) in [5, 5.41) is 8.12. The monoisotopic (exact) mass is 373 g/mol. The van der Waals surface area contributed by atoms with Crippen molar-refractivity contribution in [3.05, 3.63) is 24.1 Å². The number of likely N-dealkylation sites (N-methyl/N-ethyl adjacent to an activating group) is 1. The first-order valence-electron chi connectivity index (χ1n) is 9.27. The van der Waals surface area contributed by atoms with E-state index in [1.54, 1.807) is 4.90 Å². The highest BCUT2D eigenvalue weighted by Gasteiger charge is 2.20. The fraction of sp³-hybridized carbons (Fsp3) is 0.526. The molecule has 0 saturated carbocycles. The van der Waals surface area contributed by atoms with E-state index in [9.17, 15) is 4.79 Å². The number of fused-ring (bicyclic) bond motifs is 1. The van der Waals surface area contributed by atoms with Crippen LogP contribution in [0.15, 0.2) is 22.6 Å². The molecule has 144 valence electrons. The molecule has 1 saturated heterocycles. The Kier molecular flexibility index (Phi) is 5.24. The van der Waals surface area contributed by atoms with E-state index in [1.165, 1.54) is 0 Å². The molecule has 8 nitrogen and oxygen atoms in total. The van der Waals surface area contributed by atoms with Gasteiger partial charge in [0.05, 0.1) is 6.10 Å². The van der Waals surface area contributed by atoms with E-state index >= 15 is 0 Å². The van der Waals surface area contributed by atoms with Gasteiger partial charge < -0.3 is 23.5 Å². The fourth-order valence-electron chi connectivity index (χ4n) is 3.26. The van der Waals surface area contributed by atoms with Crippen molar-refractivity contribution >= 4 is 5.91 Å². The second-order valence-corrected chi connectivity index (χ2v) is 6.83. The van der Waals surface area contributed by atoms with Gasteiger partial charge in [-0.2, -0.15) is 0 Å². The van der Waals surface area contributed by atoms with Gasteiger partial charge in [0.1, 0.15) is 0 Å². The van der Waals surface area contributed by atoms with E-state index in [2.05, 4.69) is 10.2 Å². The van der Waals surface area contributed by atoms with Crippen LogP contribution >= 0.6 is 0 Å². The van der Waals surface area contributed by atoms with Crippen molar-refractivity contribution in [3.63, 3.8) is 0 Å².